The van der Waals surface area contributed by atoms with E-state index in [4.69, 9.17) is 9.72 Å². The number of ether oxygens (including phenoxy) is 1. The fourth-order valence-electron chi connectivity index (χ4n) is 3.51. The Hall–Kier alpha value is -2.01. The summed E-state index contributed by atoms with van der Waals surface area (Å²) in [5.41, 5.74) is 4.22. The van der Waals surface area contributed by atoms with Gasteiger partial charge in [0.15, 0.2) is 0 Å². The molecule has 2 saturated heterocycles. The molecule has 0 radical (unpaired) electrons. The summed E-state index contributed by atoms with van der Waals surface area (Å²) in [6.07, 6.45) is 5.20. The molecule has 0 bridgehead atoms. The summed E-state index contributed by atoms with van der Waals surface area (Å²) in [6, 6.07) is 6.09. The van der Waals surface area contributed by atoms with Crippen molar-refractivity contribution in [3.05, 3.63) is 35.8 Å². The molecule has 5 nitrogen and oxygen atoms in total. The molecule has 4 rings (SSSR count). The third-order valence-electron chi connectivity index (χ3n) is 5.07. The molecule has 0 saturated carbocycles. The summed E-state index contributed by atoms with van der Waals surface area (Å²) in [5.74, 6) is 0.816. The number of piperidine rings is 1. The summed E-state index contributed by atoms with van der Waals surface area (Å²) < 4.78 is 5.79. The molecule has 5 heteroatoms. The second-order valence-electron chi connectivity index (χ2n) is 6.60. The van der Waals surface area contributed by atoms with Crippen molar-refractivity contribution in [2.24, 2.45) is 0 Å². The van der Waals surface area contributed by atoms with Crippen molar-refractivity contribution in [1.82, 2.24) is 15.0 Å². The van der Waals surface area contributed by atoms with E-state index in [9.17, 15) is 0 Å². The van der Waals surface area contributed by atoms with Gasteiger partial charge >= 0.3 is 0 Å². The third kappa shape index (κ3) is 2.70. The van der Waals surface area contributed by atoms with Crippen LogP contribution in [0.4, 0.5) is 5.95 Å². The first-order valence-electron chi connectivity index (χ1n) is 8.32. The average molecular weight is 310 g/mol. The lowest BCUT2D eigenvalue weighted by Crippen LogP contribution is -2.52. The van der Waals surface area contributed by atoms with Gasteiger partial charge in [-0.15, -0.1) is 0 Å². The van der Waals surface area contributed by atoms with E-state index in [1.807, 2.05) is 32.2 Å². The largest absolute Gasteiger partial charge is 0.375 e. The van der Waals surface area contributed by atoms with Crippen molar-refractivity contribution in [3.8, 4) is 11.3 Å². The maximum atomic E-state index is 5.79. The Bertz CT molecular complexity index is 717. The van der Waals surface area contributed by atoms with E-state index in [1.165, 1.54) is 6.42 Å². The van der Waals surface area contributed by atoms with Crippen molar-refractivity contribution >= 4 is 5.95 Å². The molecule has 0 amide bonds. The van der Waals surface area contributed by atoms with Gasteiger partial charge < -0.3 is 9.64 Å². The first-order chi connectivity index (χ1) is 11.2. The topological polar surface area (TPSA) is 51.1 Å². The summed E-state index contributed by atoms with van der Waals surface area (Å²) in [5, 5.41) is 0. The van der Waals surface area contributed by atoms with E-state index in [0.29, 0.717) is 0 Å². The molecule has 0 atom stereocenters. The fraction of sp³-hybridized carbons (Fsp3) is 0.500. The SMILES string of the molecule is Cc1ccc(-c2ccnc(N3CCC4(CCO4)CC3)n2)c(C)n1. The maximum absolute atomic E-state index is 5.79. The van der Waals surface area contributed by atoms with Gasteiger partial charge in [0.2, 0.25) is 5.95 Å². The Balaban J connectivity index is 1.57. The zero-order valence-electron chi connectivity index (χ0n) is 13.7. The Kier molecular flexibility index (Phi) is 3.53. The summed E-state index contributed by atoms with van der Waals surface area (Å²) in [4.78, 5) is 16.1. The highest BCUT2D eigenvalue weighted by molar-refractivity contribution is 5.62. The minimum Gasteiger partial charge on any atom is -0.375 e. The lowest BCUT2D eigenvalue weighted by Gasteiger charge is -2.47. The van der Waals surface area contributed by atoms with Crippen LogP contribution in [0.2, 0.25) is 0 Å². The van der Waals surface area contributed by atoms with Crippen LogP contribution in [0, 0.1) is 13.8 Å². The molecule has 0 N–H and O–H groups in total. The Morgan fingerprint density at radius 2 is 1.83 bits per heavy atom. The first-order valence-corrected chi connectivity index (χ1v) is 8.32. The number of hydrogen-bond donors (Lipinski definition) is 0. The monoisotopic (exact) mass is 310 g/mol. The van der Waals surface area contributed by atoms with Gasteiger partial charge in [0, 0.05) is 36.2 Å². The van der Waals surface area contributed by atoms with E-state index >= 15 is 0 Å². The van der Waals surface area contributed by atoms with Gasteiger partial charge in [0.05, 0.1) is 17.9 Å². The molecule has 2 aliphatic rings. The lowest BCUT2D eigenvalue weighted by molar-refractivity contribution is -0.158. The van der Waals surface area contributed by atoms with Crippen molar-refractivity contribution in [2.45, 2.75) is 38.7 Å². The van der Waals surface area contributed by atoms with Crippen LogP contribution in [0.5, 0.6) is 0 Å². The van der Waals surface area contributed by atoms with Crippen molar-refractivity contribution in [2.75, 3.05) is 24.6 Å². The molecule has 0 aromatic carbocycles. The van der Waals surface area contributed by atoms with Crippen LogP contribution in [0.3, 0.4) is 0 Å². The predicted molar refractivity (Wildman–Crippen MR) is 89.5 cm³/mol. The number of aromatic nitrogens is 3. The van der Waals surface area contributed by atoms with Gasteiger partial charge in [-0.25, -0.2) is 9.97 Å². The second kappa shape index (κ2) is 5.57. The fourth-order valence-corrected chi connectivity index (χ4v) is 3.51. The third-order valence-corrected chi connectivity index (χ3v) is 5.07. The molecular formula is C18H22N4O. The second-order valence-corrected chi connectivity index (χ2v) is 6.60. The highest BCUT2D eigenvalue weighted by Gasteiger charge is 2.41. The van der Waals surface area contributed by atoms with Crippen LogP contribution in [0.25, 0.3) is 11.3 Å². The normalized spacial score (nSPS) is 19.7. The molecule has 23 heavy (non-hydrogen) atoms. The van der Waals surface area contributed by atoms with Crippen LogP contribution in [0.1, 0.15) is 30.7 Å². The van der Waals surface area contributed by atoms with Gasteiger partial charge in [0.25, 0.3) is 0 Å². The van der Waals surface area contributed by atoms with Crippen LogP contribution in [-0.4, -0.2) is 40.2 Å². The zero-order chi connectivity index (χ0) is 15.9. The van der Waals surface area contributed by atoms with Crippen molar-refractivity contribution in [3.63, 3.8) is 0 Å². The number of rotatable bonds is 2. The lowest BCUT2D eigenvalue weighted by atomic mass is 9.84. The standard InChI is InChI=1S/C18H22N4O/c1-13-3-4-15(14(2)20-13)16-5-9-19-17(21-16)22-10-6-18(7-11-22)8-12-23-18/h3-5,9H,6-8,10-12H2,1-2H3. The van der Waals surface area contributed by atoms with Crippen molar-refractivity contribution < 1.29 is 4.74 Å². The van der Waals surface area contributed by atoms with Gasteiger partial charge in [-0.2, -0.15) is 0 Å². The quantitative estimate of drug-likeness (QED) is 0.853. The number of pyridine rings is 1. The molecule has 0 aliphatic carbocycles. The summed E-state index contributed by atoms with van der Waals surface area (Å²) >= 11 is 0. The smallest absolute Gasteiger partial charge is 0.225 e. The van der Waals surface area contributed by atoms with Crippen LogP contribution in [-0.2, 0) is 4.74 Å². The van der Waals surface area contributed by atoms with E-state index in [1.54, 1.807) is 0 Å². The molecule has 2 aliphatic heterocycles. The van der Waals surface area contributed by atoms with Crippen LogP contribution < -0.4 is 4.90 Å². The number of anilines is 1. The van der Waals surface area contributed by atoms with E-state index in [2.05, 4.69) is 20.9 Å². The van der Waals surface area contributed by atoms with Gasteiger partial charge in [-0.3, -0.25) is 4.98 Å². The molecule has 2 aromatic heterocycles. The molecule has 2 fully saturated rings. The highest BCUT2D eigenvalue weighted by Crippen LogP contribution is 2.37. The van der Waals surface area contributed by atoms with Crippen molar-refractivity contribution in [1.29, 1.82) is 0 Å². The van der Waals surface area contributed by atoms with Crippen LogP contribution >= 0.6 is 0 Å². The Labute approximate surface area is 136 Å². The zero-order valence-corrected chi connectivity index (χ0v) is 13.7. The number of aryl methyl sites for hydroxylation is 2. The molecule has 4 heterocycles. The minimum absolute atomic E-state index is 0.158. The Morgan fingerprint density at radius 1 is 1.04 bits per heavy atom. The number of hydrogen-bond acceptors (Lipinski definition) is 5. The summed E-state index contributed by atoms with van der Waals surface area (Å²) in [7, 11) is 0. The van der Waals surface area contributed by atoms with E-state index in [-0.39, 0.29) is 5.60 Å². The molecule has 0 unspecified atom stereocenters. The summed E-state index contributed by atoms with van der Waals surface area (Å²) in [6.45, 7) is 6.89. The maximum Gasteiger partial charge on any atom is 0.225 e. The Morgan fingerprint density at radius 3 is 2.48 bits per heavy atom. The molecular weight excluding hydrogens is 288 g/mol. The molecule has 1 spiro atoms. The minimum atomic E-state index is 0.158. The van der Waals surface area contributed by atoms with E-state index < -0.39 is 0 Å². The molecule has 120 valence electrons. The predicted octanol–water partition coefficient (Wildman–Crippen LogP) is 2.91. The van der Waals surface area contributed by atoms with Gasteiger partial charge in [-0.1, -0.05) is 0 Å². The highest BCUT2D eigenvalue weighted by atomic mass is 16.5. The number of nitrogens with zero attached hydrogens (tertiary/aromatic N) is 4. The van der Waals surface area contributed by atoms with Gasteiger partial charge in [-0.05, 0) is 51.3 Å². The molecule has 2 aromatic rings. The first kappa shape index (κ1) is 14.6. The average Bonchev–Trinajstić information content (AvgIpc) is 2.54. The van der Waals surface area contributed by atoms with E-state index in [0.717, 1.165) is 61.1 Å². The van der Waals surface area contributed by atoms with Gasteiger partial charge in [0.1, 0.15) is 0 Å². The van der Waals surface area contributed by atoms with Crippen LogP contribution in [0.15, 0.2) is 24.4 Å².